The molecule has 0 saturated heterocycles. The minimum absolute atomic E-state index is 0. The molecule has 0 bridgehead atoms. The highest BCUT2D eigenvalue weighted by Crippen LogP contribution is 2.24. The van der Waals surface area contributed by atoms with Crippen molar-refractivity contribution in [3.8, 4) is 11.3 Å². The molecule has 1 aliphatic carbocycles. The molecule has 0 spiro atoms. The fourth-order valence-corrected chi connectivity index (χ4v) is 3.28. The summed E-state index contributed by atoms with van der Waals surface area (Å²) in [5.74, 6) is 0.470. The normalized spacial score (nSPS) is 14.8. The Morgan fingerprint density at radius 3 is 2.58 bits per heavy atom. The molecule has 1 amide bonds. The number of aromatic nitrogens is 4. The lowest BCUT2D eigenvalue weighted by atomic mass is 9.89. The molecule has 1 fully saturated rings. The highest BCUT2D eigenvalue weighted by atomic mass is 35.5. The molecule has 0 unspecified atom stereocenters. The summed E-state index contributed by atoms with van der Waals surface area (Å²) in [6.07, 6.45) is 5.17. The number of carbonyl (C=O) groups is 1. The Morgan fingerprint density at radius 2 is 1.85 bits per heavy atom. The van der Waals surface area contributed by atoms with Gasteiger partial charge < -0.3 is 0 Å². The van der Waals surface area contributed by atoms with E-state index in [-0.39, 0.29) is 41.5 Å². The molecule has 0 atom stereocenters. The number of H-pyrrole nitrogens is 1. The molecule has 2 aromatic heterocycles. The Morgan fingerprint density at radius 1 is 1.12 bits per heavy atom. The SMILES string of the molecule is Cl.O=C(Nc1nc2nc(-c3ccccc3)cc(=O)n2[nH]1)C1CCCCC1. The summed E-state index contributed by atoms with van der Waals surface area (Å²) < 4.78 is 1.24. The summed E-state index contributed by atoms with van der Waals surface area (Å²) in [7, 11) is 0. The highest BCUT2D eigenvalue weighted by Gasteiger charge is 2.22. The number of fused-ring (bicyclic) bond motifs is 1. The molecule has 136 valence electrons. The standard InChI is InChI=1S/C18H19N5O2.ClH/c24-15-11-14(12-7-3-1-4-8-12)19-18-21-17(22-23(15)18)20-16(25)13-9-5-2-6-10-13;/h1,3-4,7-8,11,13H,2,5-6,9-10H2,(H2,19,20,21,22,25);1H. The average Bonchev–Trinajstić information content (AvgIpc) is 3.06. The van der Waals surface area contributed by atoms with Crippen LogP contribution in [0.5, 0.6) is 0 Å². The summed E-state index contributed by atoms with van der Waals surface area (Å²) in [5, 5.41) is 5.59. The number of hydrogen-bond donors (Lipinski definition) is 2. The second kappa shape index (κ2) is 7.70. The maximum Gasteiger partial charge on any atom is 0.274 e. The molecular weight excluding hydrogens is 354 g/mol. The molecule has 3 aromatic rings. The third-order valence-electron chi connectivity index (χ3n) is 4.62. The van der Waals surface area contributed by atoms with Crippen LogP contribution in [-0.2, 0) is 4.79 Å². The number of halogens is 1. The van der Waals surface area contributed by atoms with Crippen LogP contribution in [0.4, 0.5) is 5.95 Å². The molecule has 1 aromatic carbocycles. The van der Waals surface area contributed by atoms with Crippen LogP contribution in [0.1, 0.15) is 32.1 Å². The molecule has 0 radical (unpaired) electrons. The lowest BCUT2D eigenvalue weighted by Crippen LogP contribution is -2.25. The lowest BCUT2D eigenvalue weighted by Gasteiger charge is -2.19. The van der Waals surface area contributed by atoms with Crippen LogP contribution in [0, 0.1) is 5.92 Å². The zero-order valence-corrected chi connectivity index (χ0v) is 15.0. The quantitative estimate of drug-likeness (QED) is 0.738. The second-order valence-electron chi connectivity index (χ2n) is 6.38. The fraction of sp³-hybridized carbons (Fsp3) is 0.333. The van der Waals surface area contributed by atoms with Gasteiger partial charge in [0, 0.05) is 17.5 Å². The van der Waals surface area contributed by atoms with E-state index in [1.54, 1.807) is 0 Å². The zero-order chi connectivity index (χ0) is 17.2. The lowest BCUT2D eigenvalue weighted by molar-refractivity contribution is -0.120. The number of nitrogens with zero attached hydrogens (tertiary/aromatic N) is 3. The van der Waals surface area contributed by atoms with Gasteiger partial charge in [-0.3, -0.25) is 20.0 Å². The summed E-state index contributed by atoms with van der Waals surface area (Å²) in [5.41, 5.74) is 1.13. The maximum absolute atomic E-state index is 12.3. The monoisotopic (exact) mass is 373 g/mol. The number of carbonyl (C=O) groups excluding carboxylic acids is 1. The largest absolute Gasteiger partial charge is 0.295 e. The van der Waals surface area contributed by atoms with E-state index in [0.717, 1.165) is 31.2 Å². The molecule has 1 aliphatic rings. The van der Waals surface area contributed by atoms with Gasteiger partial charge in [0.25, 0.3) is 11.3 Å². The first-order chi connectivity index (χ1) is 12.2. The Labute approximate surface area is 156 Å². The van der Waals surface area contributed by atoms with E-state index in [1.807, 2.05) is 30.3 Å². The molecule has 2 N–H and O–H groups in total. The molecule has 8 heteroatoms. The van der Waals surface area contributed by atoms with Crippen LogP contribution in [-0.4, -0.2) is 25.5 Å². The van der Waals surface area contributed by atoms with E-state index in [9.17, 15) is 9.59 Å². The number of hydrogen-bond acceptors (Lipinski definition) is 4. The van der Waals surface area contributed by atoms with Crippen LogP contribution in [0.15, 0.2) is 41.2 Å². The van der Waals surface area contributed by atoms with Gasteiger partial charge in [-0.05, 0) is 12.8 Å². The number of anilines is 1. The first-order valence-corrected chi connectivity index (χ1v) is 8.57. The van der Waals surface area contributed by atoms with E-state index in [2.05, 4.69) is 20.4 Å². The zero-order valence-electron chi connectivity index (χ0n) is 14.1. The number of rotatable bonds is 3. The predicted octanol–water partition coefficient (Wildman–Crippen LogP) is 3.03. The van der Waals surface area contributed by atoms with Crippen molar-refractivity contribution in [2.24, 2.45) is 5.92 Å². The van der Waals surface area contributed by atoms with Gasteiger partial charge in [0.2, 0.25) is 11.9 Å². The van der Waals surface area contributed by atoms with Crippen LogP contribution >= 0.6 is 12.4 Å². The third-order valence-corrected chi connectivity index (χ3v) is 4.62. The molecule has 26 heavy (non-hydrogen) atoms. The van der Waals surface area contributed by atoms with Gasteiger partial charge >= 0.3 is 0 Å². The van der Waals surface area contributed by atoms with Crippen molar-refractivity contribution >= 4 is 30.0 Å². The average molecular weight is 374 g/mol. The minimum atomic E-state index is -0.269. The van der Waals surface area contributed by atoms with Gasteiger partial charge in [0.05, 0.1) is 5.69 Å². The van der Waals surface area contributed by atoms with E-state index < -0.39 is 0 Å². The van der Waals surface area contributed by atoms with E-state index >= 15 is 0 Å². The fourth-order valence-electron chi connectivity index (χ4n) is 3.28. The van der Waals surface area contributed by atoms with Gasteiger partial charge in [0.15, 0.2) is 0 Å². The van der Waals surface area contributed by atoms with Crippen LogP contribution < -0.4 is 10.9 Å². The Kier molecular flexibility index (Phi) is 5.37. The van der Waals surface area contributed by atoms with Crippen LogP contribution in [0.2, 0.25) is 0 Å². The van der Waals surface area contributed by atoms with Crippen molar-refractivity contribution < 1.29 is 4.79 Å². The van der Waals surface area contributed by atoms with Crippen molar-refractivity contribution in [3.63, 3.8) is 0 Å². The van der Waals surface area contributed by atoms with Gasteiger partial charge in [0.1, 0.15) is 0 Å². The first-order valence-electron chi connectivity index (χ1n) is 8.57. The number of aromatic amines is 1. The maximum atomic E-state index is 12.3. The number of benzene rings is 1. The highest BCUT2D eigenvalue weighted by molar-refractivity contribution is 5.91. The van der Waals surface area contributed by atoms with Gasteiger partial charge in [-0.1, -0.05) is 49.6 Å². The molecule has 0 aliphatic heterocycles. The second-order valence-corrected chi connectivity index (χ2v) is 6.38. The van der Waals surface area contributed by atoms with Crippen molar-refractivity contribution in [1.82, 2.24) is 19.6 Å². The van der Waals surface area contributed by atoms with Crippen molar-refractivity contribution in [2.45, 2.75) is 32.1 Å². The molecule has 7 nitrogen and oxygen atoms in total. The summed E-state index contributed by atoms with van der Waals surface area (Å²) in [4.78, 5) is 33.3. The van der Waals surface area contributed by atoms with Crippen LogP contribution in [0.25, 0.3) is 17.0 Å². The third kappa shape index (κ3) is 3.62. The van der Waals surface area contributed by atoms with Crippen molar-refractivity contribution in [2.75, 3.05) is 5.32 Å². The molecule has 2 heterocycles. The van der Waals surface area contributed by atoms with Crippen molar-refractivity contribution in [1.29, 1.82) is 0 Å². The Hall–Kier alpha value is -2.67. The Bertz CT molecular complexity index is 961. The van der Waals surface area contributed by atoms with Crippen LogP contribution in [0.3, 0.4) is 0 Å². The van der Waals surface area contributed by atoms with Gasteiger partial charge in [-0.25, -0.2) is 4.98 Å². The molecule has 4 rings (SSSR count). The molecular formula is C18H20ClN5O2. The topological polar surface area (TPSA) is 92.2 Å². The van der Waals surface area contributed by atoms with E-state index in [0.29, 0.717) is 5.69 Å². The summed E-state index contributed by atoms with van der Waals surface area (Å²) in [6.45, 7) is 0. The van der Waals surface area contributed by atoms with E-state index in [4.69, 9.17) is 0 Å². The summed E-state index contributed by atoms with van der Waals surface area (Å²) in [6, 6.07) is 10.9. The molecule has 1 saturated carbocycles. The number of nitrogens with one attached hydrogen (secondary N) is 2. The van der Waals surface area contributed by atoms with Gasteiger partial charge in [-0.15, -0.1) is 12.4 Å². The van der Waals surface area contributed by atoms with E-state index in [1.165, 1.54) is 17.0 Å². The van der Waals surface area contributed by atoms with Crippen molar-refractivity contribution in [3.05, 3.63) is 46.8 Å². The Balaban J connectivity index is 0.00000196. The number of amides is 1. The van der Waals surface area contributed by atoms with Gasteiger partial charge in [-0.2, -0.15) is 9.50 Å². The predicted molar refractivity (Wildman–Crippen MR) is 101 cm³/mol. The smallest absolute Gasteiger partial charge is 0.274 e. The first kappa shape index (κ1) is 18.1. The summed E-state index contributed by atoms with van der Waals surface area (Å²) >= 11 is 0. The minimum Gasteiger partial charge on any atom is -0.295 e.